The number of aromatic nitrogens is 2. The monoisotopic (exact) mass is 486 g/mol. The van der Waals surface area contributed by atoms with E-state index in [1.165, 1.54) is 6.07 Å². The lowest BCUT2D eigenvalue weighted by molar-refractivity contribution is 0.0636. The highest BCUT2D eigenvalue weighted by Gasteiger charge is 2.37. The van der Waals surface area contributed by atoms with E-state index in [0.717, 1.165) is 11.3 Å². The summed E-state index contributed by atoms with van der Waals surface area (Å²) in [6.45, 7) is 3.39. The number of halogens is 3. The van der Waals surface area contributed by atoms with Gasteiger partial charge in [-0.1, -0.05) is 41.4 Å². The van der Waals surface area contributed by atoms with Crippen molar-refractivity contribution in [3.8, 4) is 0 Å². The zero-order chi connectivity index (χ0) is 23.3. The summed E-state index contributed by atoms with van der Waals surface area (Å²) in [5.41, 5.74) is 2.97. The summed E-state index contributed by atoms with van der Waals surface area (Å²) < 4.78 is 15.9. The molecule has 0 radical (unpaired) electrons. The molecule has 0 aliphatic carbocycles. The fourth-order valence-electron chi connectivity index (χ4n) is 4.51. The maximum absolute atomic E-state index is 14.2. The smallest absolute Gasteiger partial charge is 0.272 e. The van der Waals surface area contributed by atoms with Crippen LogP contribution in [0.2, 0.25) is 10.0 Å². The van der Waals surface area contributed by atoms with Crippen LogP contribution in [-0.2, 0) is 26.1 Å². The third-order valence-corrected chi connectivity index (χ3v) is 7.04. The average Bonchev–Trinajstić information content (AvgIpc) is 3.15. The molecule has 2 amide bonds. The van der Waals surface area contributed by atoms with Crippen LogP contribution in [0.3, 0.4) is 0 Å². The average molecular weight is 487 g/mol. The highest BCUT2D eigenvalue weighted by atomic mass is 35.5. The zero-order valence-electron chi connectivity index (χ0n) is 17.9. The summed E-state index contributed by atoms with van der Waals surface area (Å²) in [7, 11) is 0. The zero-order valence-corrected chi connectivity index (χ0v) is 19.4. The van der Waals surface area contributed by atoms with Crippen LogP contribution in [0.1, 0.15) is 44.6 Å². The first-order chi connectivity index (χ1) is 15.8. The van der Waals surface area contributed by atoms with Gasteiger partial charge in [0.1, 0.15) is 11.5 Å². The summed E-state index contributed by atoms with van der Waals surface area (Å²) in [5, 5.41) is 5.36. The van der Waals surface area contributed by atoms with Crippen molar-refractivity contribution in [3.05, 3.63) is 86.4 Å². The number of amides is 2. The van der Waals surface area contributed by atoms with Gasteiger partial charge in [0.05, 0.1) is 28.8 Å². The van der Waals surface area contributed by atoms with Gasteiger partial charge in [-0.25, -0.2) is 4.39 Å². The fraction of sp³-hybridized carbons (Fsp3) is 0.292. The van der Waals surface area contributed by atoms with E-state index in [1.807, 2.05) is 6.92 Å². The number of fused-ring (bicyclic) bond motifs is 3. The molecule has 2 aromatic carbocycles. The van der Waals surface area contributed by atoms with Gasteiger partial charge >= 0.3 is 0 Å². The molecule has 0 fully saturated rings. The van der Waals surface area contributed by atoms with Crippen molar-refractivity contribution in [2.24, 2.45) is 0 Å². The van der Waals surface area contributed by atoms with Gasteiger partial charge in [0.25, 0.3) is 11.8 Å². The minimum Gasteiger partial charge on any atom is -0.331 e. The summed E-state index contributed by atoms with van der Waals surface area (Å²) in [6.07, 6.45) is 0.545. The molecule has 3 aromatic rings. The molecule has 0 bridgehead atoms. The molecule has 0 unspecified atom stereocenters. The van der Waals surface area contributed by atoms with Gasteiger partial charge < -0.3 is 9.80 Å². The Bertz CT molecular complexity index is 1280. The highest BCUT2D eigenvalue weighted by molar-refractivity contribution is 6.42. The summed E-state index contributed by atoms with van der Waals surface area (Å²) in [4.78, 5) is 30.0. The van der Waals surface area contributed by atoms with Crippen molar-refractivity contribution in [2.45, 2.75) is 39.0 Å². The van der Waals surface area contributed by atoms with Crippen molar-refractivity contribution in [1.29, 1.82) is 0 Å². The van der Waals surface area contributed by atoms with Crippen LogP contribution < -0.4 is 0 Å². The molecule has 170 valence electrons. The molecule has 0 spiro atoms. The first kappa shape index (κ1) is 21.9. The Kier molecular flexibility index (Phi) is 5.62. The number of hydrogen-bond acceptors (Lipinski definition) is 3. The largest absolute Gasteiger partial charge is 0.331 e. The standard InChI is InChI=1S/C24H21Cl2FN4O2/c1-14-10-21-17(13-30(14)23(32)15-6-7-18(25)19(26)11-15)22-24(33)29(8-9-31(22)28-21)12-16-4-2-3-5-20(16)27/h2-7,11,14H,8-10,12-13H2,1H3/t14-/m1/s1. The Morgan fingerprint density at radius 2 is 1.94 bits per heavy atom. The Morgan fingerprint density at radius 1 is 1.15 bits per heavy atom. The van der Waals surface area contributed by atoms with E-state index in [4.69, 9.17) is 23.2 Å². The molecule has 0 N–H and O–H groups in total. The van der Waals surface area contributed by atoms with Gasteiger partial charge in [0.15, 0.2) is 0 Å². The van der Waals surface area contributed by atoms with Crippen molar-refractivity contribution >= 4 is 35.0 Å². The lowest BCUT2D eigenvalue weighted by Crippen LogP contribution is -2.44. The second-order valence-corrected chi connectivity index (χ2v) is 9.24. The Balaban J connectivity index is 1.43. The lowest BCUT2D eigenvalue weighted by Gasteiger charge is -2.34. The molecule has 5 rings (SSSR count). The molecule has 2 aliphatic rings. The molecule has 33 heavy (non-hydrogen) atoms. The summed E-state index contributed by atoms with van der Waals surface area (Å²) in [5.74, 6) is -0.716. The van der Waals surface area contributed by atoms with Gasteiger partial charge in [-0.3, -0.25) is 14.3 Å². The SMILES string of the molecule is C[C@@H]1Cc2nn3c(c2CN1C(=O)c1ccc(Cl)c(Cl)c1)C(=O)N(Cc1ccccc1F)CC3. The van der Waals surface area contributed by atoms with E-state index in [-0.39, 0.29) is 36.8 Å². The van der Waals surface area contributed by atoms with Gasteiger partial charge in [-0.05, 0) is 31.2 Å². The van der Waals surface area contributed by atoms with E-state index in [0.29, 0.717) is 46.4 Å². The van der Waals surface area contributed by atoms with Gasteiger partial charge in [-0.2, -0.15) is 5.10 Å². The minimum atomic E-state index is -0.335. The Labute approximate surface area is 200 Å². The molecule has 9 heteroatoms. The predicted molar refractivity (Wildman–Crippen MR) is 123 cm³/mol. The molecule has 2 aliphatic heterocycles. The molecular weight excluding hydrogens is 466 g/mol. The van der Waals surface area contributed by atoms with Crippen LogP contribution in [0, 0.1) is 5.82 Å². The van der Waals surface area contributed by atoms with Crippen LogP contribution in [0.5, 0.6) is 0 Å². The first-order valence-corrected chi connectivity index (χ1v) is 11.5. The van der Waals surface area contributed by atoms with Crippen molar-refractivity contribution in [1.82, 2.24) is 19.6 Å². The second kappa shape index (κ2) is 8.47. The number of benzene rings is 2. The normalized spacial score (nSPS) is 17.7. The van der Waals surface area contributed by atoms with E-state index < -0.39 is 0 Å². The number of carbonyl (C=O) groups is 2. The van der Waals surface area contributed by atoms with E-state index in [1.54, 1.807) is 50.9 Å². The Morgan fingerprint density at radius 3 is 2.70 bits per heavy atom. The number of nitrogens with zero attached hydrogens (tertiary/aromatic N) is 4. The molecule has 3 heterocycles. The van der Waals surface area contributed by atoms with Gasteiger partial charge in [0.2, 0.25) is 0 Å². The Hall–Kier alpha value is -2.90. The molecule has 1 atom stereocenters. The predicted octanol–water partition coefficient (Wildman–Crippen LogP) is 4.57. The second-order valence-electron chi connectivity index (χ2n) is 8.43. The van der Waals surface area contributed by atoms with E-state index in [9.17, 15) is 14.0 Å². The highest BCUT2D eigenvalue weighted by Crippen LogP contribution is 2.31. The maximum atomic E-state index is 14.2. The van der Waals surface area contributed by atoms with Crippen LogP contribution >= 0.6 is 23.2 Å². The summed E-state index contributed by atoms with van der Waals surface area (Å²) >= 11 is 12.1. The van der Waals surface area contributed by atoms with Crippen LogP contribution in [0.25, 0.3) is 0 Å². The van der Waals surface area contributed by atoms with Gasteiger partial charge in [-0.15, -0.1) is 0 Å². The molecular formula is C24H21Cl2FN4O2. The molecule has 1 aromatic heterocycles. The lowest BCUT2D eigenvalue weighted by atomic mass is 9.97. The third kappa shape index (κ3) is 3.89. The van der Waals surface area contributed by atoms with E-state index in [2.05, 4.69) is 5.10 Å². The first-order valence-electron chi connectivity index (χ1n) is 10.7. The van der Waals surface area contributed by atoms with Crippen molar-refractivity contribution in [2.75, 3.05) is 6.54 Å². The summed E-state index contributed by atoms with van der Waals surface area (Å²) in [6, 6.07) is 11.2. The number of hydrogen-bond donors (Lipinski definition) is 0. The molecule has 0 saturated heterocycles. The molecule has 6 nitrogen and oxygen atoms in total. The number of rotatable bonds is 3. The van der Waals surface area contributed by atoms with Crippen molar-refractivity contribution in [3.63, 3.8) is 0 Å². The van der Waals surface area contributed by atoms with Crippen LogP contribution in [-0.4, -0.2) is 44.0 Å². The van der Waals surface area contributed by atoms with Crippen LogP contribution in [0.15, 0.2) is 42.5 Å². The van der Waals surface area contributed by atoms with E-state index >= 15 is 0 Å². The fourth-order valence-corrected chi connectivity index (χ4v) is 4.81. The minimum absolute atomic E-state index is 0.0963. The van der Waals surface area contributed by atoms with Gasteiger partial charge in [0, 0.05) is 42.2 Å². The third-order valence-electron chi connectivity index (χ3n) is 6.30. The molecule has 0 saturated carbocycles. The van der Waals surface area contributed by atoms with Crippen LogP contribution in [0.4, 0.5) is 4.39 Å². The quantitative estimate of drug-likeness (QED) is 0.544. The number of carbonyl (C=O) groups excluding carboxylic acids is 2. The maximum Gasteiger partial charge on any atom is 0.272 e. The van der Waals surface area contributed by atoms with Crippen molar-refractivity contribution < 1.29 is 14.0 Å². The topological polar surface area (TPSA) is 58.4 Å².